The molecule has 0 saturated heterocycles. The van der Waals surface area contributed by atoms with Crippen LogP contribution in [0.25, 0.3) is 0 Å². The molecule has 2 rings (SSSR count). The predicted molar refractivity (Wildman–Crippen MR) is 83.1 cm³/mol. The summed E-state index contributed by atoms with van der Waals surface area (Å²) in [5.41, 5.74) is 6.51. The first kappa shape index (κ1) is 14.7. The lowest BCUT2D eigenvalue weighted by atomic mass is 10.3. The predicted octanol–water partition coefficient (Wildman–Crippen LogP) is 2.89. The van der Waals surface area contributed by atoms with Gasteiger partial charge in [0.15, 0.2) is 5.16 Å². The van der Waals surface area contributed by atoms with E-state index in [0.29, 0.717) is 11.0 Å². The standard InChI is InChI=1S/C13H14N4OS2/c1-8(18)15-9-3-5-10(6-4-9)20-12-7-11(14)16-13(17-12)19-2/h3-7H,1-2H3,(H,15,18)(H2,14,16,17). The van der Waals surface area contributed by atoms with Crippen LogP contribution in [0.3, 0.4) is 0 Å². The molecule has 0 spiro atoms. The van der Waals surface area contributed by atoms with E-state index < -0.39 is 0 Å². The number of hydrogen-bond donors (Lipinski definition) is 2. The first-order valence-corrected chi connectivity index (χ1v) is 7.85. The van der Waals surface area contributed by atoms with Crippen molar-refractivity contribution in [1.82, 2.24) is 9.97 Å². The fourth-order valence-electron chi connectivity index (χ4n) is 1.49. The SMILES string of the molecule is CSc1nc(N)cc(Sc2ccc(NC(C)=O)cc2)n1. The van der Waals surface area contributed by atoms with Crippen LogP contribution < -0.4 is 11.1 Å². The van der Waals surface area contributed by atoms with E-state index in [-0.39, 0.29) is 5.91 Å². The van der Waals surface area contributed by atoms with E-state index >= 15 is 0 Å². The molecule has 0 bridgehead atoms. The molecule has 0 aliphatic carbocycles. The summed E-state index contributed by atoms with van der Waals surface area (Å²) < 4.78 is 0. The maximum absolute atomic E-state index is 10.9. The van der Waals surface area contributed by atoms with Crippen molar-refractivity contribution >= 4 is 40.9 Å². The van der Waals surface area contributed by atoms with Crippen LogP contribution in [0.5, 0.6) is 0 Å². The Morgan fingerprint density at radius 3 is 2.55 bits per heavy atom. The van der Waals surface area contributed by atoms with E-state index in [9.17, 15) is 4.79 Å². The molecule has 104 valence electrons. The highest BCUT2D eigenvalue weighted by Crippen LogP contribution is 2.29. The number of nitrogens with one attached hydrogen (secondary N) is 1. The second-order valence-corrected chi connectivity index (χ2v) is 5.79. The molecule has 1 aromatic heterocycles. The molecule has 20 heavy (non-hydrogen) atoms. The minimum absolute atomic E-state index is 0.0846. The molecule has 0 unspecified atom stereocenters. The van der Waals surface area contributed by atoms with E-state index in [4.69, 9.17) is 5.73 Å². The zero-order valence-electron chi connectivity index (χ0n) is 11.1. The third kappa shape index (κ3) is 4.14. The lowest BCUT2D eigenvalue weighted by molar-refractivity contribution is -0.114. The van der Waals surface area contributed by atoms with Gasteiger partial charge in [0.2, 0.25) is 5.91 Å². The van der Waals surface area contributed by atoms with E-state index in [2.05, 4.69) is 15.3 Å². The minimum Gasteiger partial charge on any atom is -0.384 e. The molecule has 1 heterocycles. The van der Waals surface area contributed by atoms with E-state index in [0.717, 1.165) is 15.6 Å². The summed E-state index contributed by atoms with van der Waals surface area (Å²) in [7, 11) is 0. The summed E-state index contributed by atoms with van der Waals surface area (Å²) in [6.45, 7) is 1.48. The van der Waals surface area contributed by atoms with Crippen molar-refractivity contribution in [3.63, 3.8) is 0 Å². The van der Waals surface area contributed by atoms with Gasteiger partial charge in [0, 0.05) is 23.6 Å². The number of nitrogen functional groups attached to an aromatic ring is 1. The molecule has 1 aromatic carbocycles. The van der Waals surface area contributed by atoms with Gasteiger partial charge < -0.3 is 11.1 Å². The smallest absolute Gasteiger partial charge is 0.221 e. The molecule has 0 saturated carbocycles. The molecule has 0 aliphatic rings. The van der Waals surface area contributed by atoms with Gasteiger partial charge in [-0.15, -0.1) is 0 Å². The third-order valence-electron chi connectivity index (χ3n) is 2.28. The van der Waals surface area contributed by atoms with Crippen molar-refractivity contribution in [1.29, 1.82) is 0 Å². The highest BCUT2D eigenvalue weighted by atomic mass is 32.2. The summed E-state index contributed by atoms with van der Waals surface area (Å²) in [4.78, 5) is 20.5. The molecule has 1 amide bonds. The van der Waals surface area contributed by atoms with Crippen LogP contribution in [0.2, 0.25) is 0 Å². The first-order valence-electron chi connectivity index (χ1n) is 5.81. The van der Waals surface area contributed by atoms with Gasteiger partial charge in [-0.3, -0.25) is 4.79 Å². The van der Waals surface area contributed by atoms with Crippen LogP contribution in [0.15, 0.2) is 45.4 Å². The Morgan fingerprint density at radius 1 is 1.25 bits per heavy atom. The average Bonchev–Trinajstić information content (AvgIpc) is 2.39. The maximum atomic E-state index is 10.9. The molecular formula is C13H14N4OS2. The monoisotopic (exact) mass is 306 g/mol. The normalized spacial score (nSPS) is 10.3. The number of benzene rings is 1. The molecule has 0 radical (unpaired) electrons. The van der Waals surface area contributed by atoms with Crippen LogP contribution in [0, 0.1) is 0 Å². The van der Waals surface area contributed by atoms with Gasteiger partial charge in [0.25, 0.3) is 0 Å². The second-order valence-electron chi connectivity index (χ2n) is 3.93. The van der Waals surface area contributed by atoms with Gasteiger partial charge in [0.05, 0.1) is 0 Å². The van der Waals surface area contributed by atoms with E-state index in [1.807, 2.05) is 30.5 Å². The highest BCUT2D eigenvalue weighted by molar-refractivity contribution is 7.99. The number of amides is 1. The fourth-order valence-corrected chi connectivity index (χ4v) is 2.76. The van der Waals surface area contributed by atoms with Crippen LogP contribution >= 0.6 is 23.5 Å². The van der Waals surface area contributed by atoms with Gasteiger partial charge in [-0.05, 0) is 30.5 Å². The lowest BCUT2D eigenvalue weighted by Gasteiger charge is -2.05. The number of nitrogens with zero attached hydrogens (tertiary/aromatic N) is 2. The van der Waals surface area contributed by atoms with Gasteiger partial charge in [0.1, 0.15) is 10.8 Å². The number of hydrogen-bond acceptors (Lipinski definition) is 6. The Morgan fingerprint density at radius 2 is 1.95 bits per heavy atom. The summed E-state index contributed by atoms with van der Waals surface area (Å²) in [6, 6.07) is 9.29. The summed E-state index contributed by atoms with van der Waals surface area (Å²) in [6.07, 6.45) is 1.91. The lowest BCUT2D eigenvalue weighted by Crippen LogP contribution is -2.05. The number of carbonyl (C=O) groups excluding carboxylic acids is 1. The van der Waals surface area contributed by atoms with Gasteiger partial charge in [-0.2, -0.15) is 0 Å². The van der Waals surface area contributed by atoms with Crippen molar-refractivity contribution < 1.29 is 4.79 Å². The number of aromatic nitrogens is 2. The van der Waals surface area contributed by atoms with E-state index in [1.54, 1.807) is 6.07 Å². The quantitative estimate of drug-likeness (QED) is 0.513. The van der Waals surface area contributed by atoms with Crippen molar-refractivity contribution in [3.05, 3.63) is 30.3 Å². The van der Waals surface area contributed by atoms with Crippen molar-refractivity contribution in [3.8, 4) is 0 Å². The number of anilines is 2. The topological polar surface area (TPSA) is 80.9 Å². The van der Waals surface area contributed by atoms with Crippen LogP contribution in [0.1, 0.15) is 6.92 Å². The zero-order valence-corrected chi connectivity index (χ0v) is 12.7. The van der Waals surface area contributed by atoms with Gasteiger partial charge in [-0.1, -0.05) is 23.5 Å². The van der Waals surface area contributed by atoms with Crippen LogP contribution in [0.4, 0.5) is 11.5 Å². The Hall–Kier alpha value is -1.73. The van der Waals surface area contributed by atoms with Crippen LogP contribution in [-0.4, -0.2) is 22.1 Å². The van der Waals surface area contributed by atoms with Crippen LogP contribution in [-0.2, 0) is 4.79 Å². The molecule has 2 aromatic rings. The number of nitrogens with two attached hydrogens (primary N) is 1. The molecular weight excluding hydrogens is 292 g/mol. The van der Waals surface area contributed by atoms with Crippen molar-refractivity contribution in [2.75, 3.05) is 17.3 Å². The third-order valence-corrected chi connectivity index (χ3v) is 3.76. The van der Waals surface area contributed by atoms with E-state index in [1.165, 1.54) is 30.4 Å². The maximum Gasteiger partial charge on any atom is 0.221 e. The zero-order chi connectivity index (χ0) is 14.5. The van der Waals surface area contributed by atoms with Gasteiger partial charge >= 0.3 is 0 Å². The highest BCUT2D eigenvalue weighted by Gasteiger charge is 2.04. The molecule has 7 heteroatoms. The van der Waals surface area contributed by atoms with Crippen molar-refractivity contribution in [2.24, 2.45) is 0 Å². The molecule has 3 N–H and O–H groups in total. The summed E-state index contributed by atoms with van der Waals surface area (Å²) in [5, 5.41) is 4.18. The Balaban J connectivity index is 2.13. The summed E-state index contributed by atoms with van der Waals surface area (Å²) in [5.74, 6) is 0.375. The molecule has 0 fully saturated rings. The second kappa shape index (κ2) is 6.62. The first-order chi connectivity index (χ1) is 9.56. The Labute approximate surface area is 125 Å². The fraction of sp³-hybridized carbons (Fsp3) is 0.154. The van der Waals surface area contributed by atoms with Crippen molar-refractivity contribution in [2.45, 2.75) is 22.0 Å². The summed E-state index contributed by atoms with van der Waals surface area (Å²) >= 11 is 2.96. The molecule has 0 atom stereocenters. The Kier molecular flexibility index (Phi) is 4.86. The largest absolute Gasteiger partial charge is 0.384 e. The number of rotatable bonds is 4. The molecule has 5 nitrogen and oxygen atoms in total. The number of thioether (sulfide) groups is 1. The molecule has 0 aliphatic heterocycles. The number of carbonyl (C=O) groups is 1. The minimum atomic E-state index is -0.0846. The average molecular weight is 306 g/mol. The van der Waals surface area contributed by atoms with Gasteiger partial charge in [-0.25, -0.2) is 9.97 Å². The Bertz CT molecular complexity index is 616.